The number of carbonyl (C=O) groups excluding carboxylic acids is 2. The Labute approximate surface area is 144 Å². The lowest BCUT2D eigenvalue weighted by Gasteiger charge is -2.28. The van der Waals surface area contributed by atoms with E-state index < -0.39 is 11.6 Å². The van der Waals surface area contributed by atoms with Crippen molar-refractivity contribution in [1.29, 1.82) is 0 Å². The molecule has 1 N–H and O–H groups in total. The summed E-state index contributed by atoms with van der Waals surface area (Å²) in [4.78, 5) is 25.3. The summed E-state index contributed by atoms with van der Waals surface area (Å²) in [6.07, 6.45) is -0.166. The minimum Gasteiger partial charge on any atom is -0.428 e. The molecule has 5 nitrogen and oxygen atoms in total. The molecule has 24 heavy (non-hydrogen) atoms. The van der Waals surface area contributed by atoms with Crippen LogP contribution in [0.5, 0.6) is 0 Å². The smallest absolute Gasteiger partial charge is 0.409 e. The van der Waals surface area contributed by atoms with Gasteiger partial charge in [0.1, 0.15) is 0 Å². The molecule has 0 radical (unpaired) electrons. The summed E-state index contributed by atoms with van der Waals surface area (Å²) < 4.78 is 5.19. The van der Waals surface area contributed by atoms with E-state index in [1.165, 1.54) is 4.90 Å². The van der Waals surface area contributed by atoms with Gasteiger partial charge >= 0.3 is 6.09 Å². The zero-order valence-corrected chi connectivity index (χ0v) is 15.3. The third-order valence-electron chi connectivity index (χ3n) is 3.88. The van der Waals surface area contributed by atoms with E-state index in [9.17, 15) is 9.59 Å². The molecule has 0 spiro atoms. The molecule has 0 aliphatic heterocycles. The summed E-state index contributed by atoms with van der Waals surface area (Å²) in [7, 11) is 0. The summed E-state index contributed by atoms with van der Waals surface area (Å²) in [5, 5.41) is 2.85. The first-order valence-corrected chi connectivity index (χ1v) is 8.20. The Balaban J connectivity index is 2.72. The summed E-state index contributed by atoms with van der Waals surface area (Å²) in [6, 6.07) is 7.87. The van der Waals surface area contributed by atoms with Crippen molar-refractivity contribution in [3.8, 4) is 0 Å². The van der Waals surface area contributed by atoms with Crippen LogP contribution in [0.4, 0.5) is 4.79 Å². The zero-order chi connectivity index (χ0) is 18.3. The van der Waals surface area contributed by atoms with E-state index in [4.69, 9.17) is 4.74 Å². The number of nitrogens with zero attached hydrogens (tertiary/aromatic N) is 1. The second-order valence-corrected chi connectivity index (χ2v) is 6.28. The van der Waals surface area contributed by atoms with Crippen molar-refractivity contribution < 1.29 is 14.3 Å². The molecule has 0 fully saturated rings. The van der Waals surface area contributed by atoms with Crippen LogP contribution >= 0.6 is 0 Å². The Morgan fingerprint density at radius 3 is 2.50 bits per heavy atom. The van der Waals surface area contributed by atoms with Crippen LogP contribution in [0.2, 0.25) is 0 Å². The van der Waals surface area contributed by atoms with E-state index in [-0.39, 0.29) is 12.6 Å². The number of amides is 2. The summed E-state index contributed by atoms with van der Waals surface area (Å²) in [5.74, 6) is -0.0429. The third-order valence-corrected chi connectivity index (χ3v) is 3.88. The van der Waals surface area contributed by atoms with E-state index in [2.05, 4.69) is 11.9 Å². The molecular weight excluding hydrogens is 304 g/mol. The lowest BCUT2D eigenvalue weighted by molar-refractivity contribution is -0.134. The van der Waals surface area contributed by atoms with Crippen molar-refractivity contribution in [2.75, 3.05) is 13.3 Å². The van der Waals surface area contributed by atoms with Crippen LogP contribution in [-0.2, 0) is 15.1 Å². The van der Waals surface area contributed by atoms with Crippen molar-refractivity contribution in [1.82, 2.24) is 10.2 Å². The maximum Gasteiger partial charge on any atom is 0.409 e. The Morgan fingerprint density at radius 1 is 1.29 bits per heavy atom. The number of alkyl carbamates (subject to hydrolysis) is 1. The molecule has 132 valence electrons. The van der Waals surface area contributed by atoms with Crippen LogP contribution in [0.25, 0.3) is 5.57 Å². The first kappa shape index (κ1) is 19.7. The summed E-state index contributed by atoms with van der Waals surface area (Å²) in [5.41, 5.74) is 2.35. The molecule has 1 rings (SSSR count). The SMILES string of the molecule is C=C(C)c1cccc(C(C)(C)NC(=O)OCN(CC)C(=O)CC)c1. The van der Waals surface area contributed by atoms with Gasteiger partial charge in [0.25, 0.3) is 0 Å². The fourth-order valence-electron chi connectivity index (χ4n) is 2.24. The van der Waals surface area contributed by atoms with Crippen LogP contribution in [0.15, 0.2) is 30.8 Å². The highest BCUT2D eigenvalue weighted by Gasteiger charge is 2.24. The molecule has 5 heteroatoms. The van der Waals surface area contributed by atoms with E-state index in [1.54, 1.807) is 6.92 Å². The van der Waals surface area contributed by atoms with Gasteiger partial charge in [0.15, 0.2) is 6.73 Å². The summed E-state index contributed by atoms with van der Waals surface area (Å²) in [6.45, 7) is 13.8. The van der Waals surface area contributed by atoms with Crippen molar-refractivity contribution in [3.05, 3.63) is 42.0 Å². The quantitative estimate of drug-likeness (QED) is 0.771. The van der Waals surface area contributed by atoms with Gasteiger partial charge in [0, 0.05) is 13.0 Å². The number of carbonyl (C=O) groups is 2. The van der Waals surface area contributed by atoms with Crippen molar-refractivity contribution in [3.63, 3.8) is 0 Å². The Hall–Kier alpha value is -2.30. The van der Waals surface area contributed by atoms with Crippen molar-refractivity contribution in [2.45, 2.75) is 46.6 Å². The second-order valence-electron chi connectivity index (χ2n) is 6.28. The van der Waals surface area contributed by atoms with Crippen LogP contribution in [0.3, 0.4) is 0 Å². The van der Waals surface area contributed by atoms with Gasteiger partial charge in [-0.15, -0.1) is 0 Å². The minimum atomic E-state index is -0.603. The van der Waals surface area contributed by atoms with Gasteiger partial charge in [0.05, 0.1) is 5.54 Å². The summed E-state index contributed by atoms with van der Waals surface area (Å²) >= 11 is 0. The molecule has 0 heterocycles. The molecule has 1 aromatic rings. The van der Waals surface area contributed by atoms with Gasteiger partial charge in [-0.3, -0.25) is 4.79 Å². The average molecular weight is 332 g/mol. The predicted octanol–water partition coefficient (Wildman–Crippen LogP) is 3.90. The molecule has 0 saturated heterocycles. The van der Waals surface area contributed by atoms with Crippen molar-refractivity contribution >= 4 is 17.6 Å². The minimum absolute atomic E-state index is 0.0429. The molecule has 0 unspecified atom stereocenters. The number of ether oxygens (including phenoxy) is 1. The lowest BCUT2D eigenvalue weighted by atomic mass is 9.92. The molecule has 0 bridgehead atoms. The fraction of sp³-hybridized carbons (Fsp3) is 0.474. The first-order valence-electron chi connectivity index (χ1n) is 8.20. The Bertz CT molecular complexity index is 608. The van der Waals surface area contributed by atoms with Crippen LogP contribution < -0.4 is 5.32 Å². The molecule has 0 aliphatic carbocycles. The molecule has 0 aliphatic rings. The van der Waals surface area contributed by atoms with Gasteiger partial charge < -0.3 is 15.0 Å². The average Bonchev–Trinajstić information content (AvgIpc) is 2.54. The van der Waals surface area contributed by atoms with E-state index in [0.29, 0.717) is 13.0 Å². The number of hydrogen-bond acceptors (Lipinski definition) is 3. The molecule has 0 atom stereocenters. The topological polar surface area (TPSA) is 58.6 Å². The van der Waals surface area contributed by atoms with Gasteiger partial charge in [0.2, 0.25) is 5.91 Å². The zero-order valence-electron chi connectivity index (χ0n) is 15.3. The monoisotopic (exact) mass is 332 g/mol. The standard InChI is InChI=1S/C19H28N2O3/c1-7-17(22)21(8-2)13-24-18(23)20-19(5,6)16-11-9-10-15(12-16)14(3)4/h9-12H,3,7-8,13H2,1-2,4-6H3,(H,20,23). The predicted molar refractivity (Wildman–Crippen MR) is 96.3 cm³/mol. The molecular formula is C19H28N2O3. The fourth-order valence-corrected chi connectivity index (χ4v) is 2.24. The highest BCUT2D eigenvalue weighted by atomic mass is 16.6. The molecule has 0 saturated carbocycles. The van der Waals surface area contributed by atoms with Crippen LogP contribution in [-0.4, -0.2) is 30.2 Å². The number of rotatable bonds is 7. The maximum atomic E-state index is 12.1. The molecule has 0 aromatic heterocycles. The van der Waals surface area contributed by atoms with Gasteiger partial charge in [-0.2, -0.15) is 0 Å². The first-order chi connectivity index (χ1) is 11.2. The molecule has 2 amide bonds. The van der Waals surface area contributed by atoms with E-state index in [0.717, 1.165) is 16.7 Å². The Kier molecular flexibility index (Phi) is 7.01. The maximum absolute atomic E-state index is 12.1. The van der Waals surface area contributed by atoms with Crippen LogP contribution in [0.1, 0.15) is 52.2 Å². The third kappa shape index (κ3) is 5.41. The van der Waals surface area contributed by atoms with Gasteiger partial charge in [-0.1, -0.05) is 37.3 Å². The highest BCUT2D eigenvalue weighted by Crippen LogP contribution is 2.23. The van der Waals surface area contributed by atoms with Crippen molar-refractivity contribution in [2.24, 2.45) is 0 Å². The molecule has 1 aromatic carbocycles. The van der Waals surface area contributed by atoms with E-state index >= 15 is 0 Å². The highest BCUT2D eigenvalue weighted by molar-refractivity contribution is 5.76. The number of benzene rings is 1. The normalized spacial score (nSPS) is 10.9. The van der Waals surface area contributed by atoms with Gasteiger partial charge in [-0.05, 0) is 44.9 Å². The number of nitrogens with one attached hydrogen (secondary N) is 1. The van der Waals surface area contributed by atoms with Crippen LogP contribution in [0, 0.1) is 0 Å². The van der Waals surface area contributed by atoms with Gasteiger partial charge in [-0.25, -0.2) is 4.79 Å². The number of allylic oxidation sites excluding steroid dienone is 1. The Morgan fingerprint density at radius 2 is 1.96 bits per heavy atom. The second kappa shape index (κ2) is 8.52. The largest absolute Gasteiger partial charge is 0.428 e. The van der Waals surface area contributed by atoms with E-state index in [1.807, 2.05) is 52.0 Å². The lowest BCUT2D eigenvalue weighted by Crippen LogP contribution is -2.43. The number of hydrogen-bond donors (Lipinski definition) is 1.